The lowest BCUT2D eigenvalue weighted by Gasteiger charge is -2.34. The lowest BCUT2D eigenvalue weighted by Crippen LogP contribution is -2.50. The lowest BCUT2D eigenvalue weighted by molar-refractivity contribution is -0.128. The Labute approximate surface area is 223 Å². The molecule has 0 saturated carbocycles. The zero-order valence-corrected chi connectivity index (χ0v) is 22.4. The molecule has 0 spiro atoms. The SMILES string of the molecule is CCN(CC)S(=O)(=O)c1cc(C(=O)N2CC(C(=O)NCc3ccccc3)Oc3ccccc32)ccc1OC. The third-order valence-corrected chi connectivity index (χ3v) is 8.43. The predicted molar refractivity (Wildman–Crippen MR) is 144 cm³/mol. The molecule has 3 aromatic carbocycles. The fourth-order valence-electron chi connectivity index (χ4n) is 4.33. The second kappa shape index (κ2) is 11.7. The van der Waals surface area contributed by atoms with E-state index in [0.717, 1.165) is 5.56 Å². The number of benzene rings is 3. The number of fused-ring (bicyclic) bond motifs is 1. The fraction of sp³-hybridized carbons (Fsp3) is 0.286. The number of nitrogens with zero attached hydrogens (tertiary/aromatic N) is 2. The van der Waals surface area contributed by atoms with E-state index in [0.29, 0.717) is 18.0 Å². The molecular formula is C28H31N3O6S. The van der Waals surface area contributed by atoms with Gasteiger partial charge in [0.05, 0.1) is 19.3 Å². The molecule has 38 heavy (non-hydrogen) atoms. The van der Waals surface area contributed by atoms with Crippen molar-refractivity contribution < 1.29 is 27.5 Å². The first-order valence-electron chi connectivity index (χ1n) is 12.4. The summed E-state index contributed by atoms with van der Waals surface area (Å²) in [5.41, 5.74) is 1.58. The summed E-state index contributed by atoms with van der Waals surface area (Å²) in [4.78, 5) is 28.2. The van der Waals surface area contributed by atoms with Crippen LogP contribution in [0.4, 0.5) is 5.69 Å². The second-order valence-corrected chi connectivity index (χ2v) is 10.6. The van der Waals surface area contributed by atoms with Gasteiger partial charge in [-0.05, 0) is 35.9 Å². The van der Waals surface area contributed by atoms with Crippen molar-refractivity contribution in [3.8, 4) is 11.5 Å². The number of carbonyl (C=O) groups is 2. The van der Waals surface area contributed by atoms with Gasteiger partial charge in [0.25, 0.3) is 11.8 Å². The topological polar surface area (TPSA) is 105 Å². The molecule has 1 heterocycles. The molecule has 0 aromatic heterocycles. The number of amides is 2. The smallest absolute Gasteiger partial charge is 0.263 e. The first kappa shape index (κ1) is 27.2. The van der Waals surface area contributed by atoms with Crippen LogP contribution in [0, 0.1) is 0 Å². The zero-order chi connectivity index (χ0) is 27.3. The van der Waals surface area contributed by atoms with E-state index in [1.54, 1.807) is 38.1 Å². The van der Waals surface area contributed by atoms with Crippen molar-refractivity contribution in [2.45, 2.75) is 31.4 Å². The van der Waals surface area contributed by atoms with Gasteiger partial charge in [-0.25, -0.2) is 8.42 Å². The van der Waals surface area contributed by atoms with Crippen LogP contribution in [0.1, 0.15) is 29.8 Å². The van der Waals surface area contributed by atoms with Gasteiger partial charge in [-0.2, -0.15) is 4.31 Å². The first-order valence-corrected chi connectivity index (χ1v) is 13.8. The third-order valence-electron chi connectivity index (χ3n) is 6.35. The van der Waals surface area contributed by atoms with Gasteiger partial charge in [0.1, 0.15) is 16.4 Å². The average Bonchev–Trinajstić information content (AvgIpc) is 2.95. The van der Waals surface area contributed by atoms with Crippen LogP contribution in [0.2, 0.25) is 0 Å². The molecule has 1 unspecified atom stereocenters. The van der Waals surface area contributed by atoms with Crippen LogP contribution in [-0.4, -0.2) is 57.4 Å². The molecule has 0 fully saturated rings. The molecule has 1 aliphatic rings. The Bertz CT molecular complexity index is 1410. The minimum Gasteiger partial charge on any atom is -0.495 e. The molecule has 4 rings (SSSR count). The maximum atomic E-state index is 13.8. The Balaban J connectivity index is 1.64. The Hall–Kier alpha value is -3.89. The number of hydrogen-bond donors (Lipinski definition) is 1. The number of methoxy groups -OCH3 is 1. The number of anilines is 1. The molecule has 1 atom stereocenters. The van der Waals surface area contributed by atoms with Gasteiger partial charge in [0.15, 0.2) is 6.10 Å². The second-order valence-electron chi connectivity index (χ2n) is 8.65. The first-order chi connectivity index (χ1) is 18.3. The molecule has 1 N–H and O–H groups in total. The zero-order valence-electron chi connectivity index (χ0n) is 21.6. The van der Waals surface area contributed by atoms with Gasteiger partial charge in [-0.3, -0.25) is 9.59 Å². The maximum absolute atomic E-state index is 13.8. The van der Waals surface area contributed by atoms with Crippen LogP contribution in [-0.2, 0) is 21.4 Å². The van der Waals surface area contributed by atoms with E-state index < -0.39 is 22.0 Å². The number of rotatable bonds is 9. The number of nitrogens with one attached hydrogen (secondary N) is 1. The van der Waals surface area contributed by atoms with Gasteiger partial charge in [-0.1, -0.05) is 56.3 Å². The molecule has 0 bridgehead atoms. The molecule has 2 amide bonds. The molecule has 9 nitrogen and oxygen atoms in total. The number of carbonyl (C=O) groups excluding carboxylic acids is 2. The van der Waals surface area contributed by atoms with Crippen LogP contribution >= 0.6 is 0 Å². The van der Waals surface area contributed by atoms with E-state index in [4.69, 9.17) is 9.47 Å². The summed E-state index contributed by atoms with van der Waals surface area (Å²) in [7, 11) is -2.52. The summed E-state index contributed by atoms with van der Waals surface area (Å²) >= 11 is 0. The van der Waals surface area contributed by atoms with Crippen molar-refractivity contribution in [3.63, 3.8) is 0 Å². The van der Waals surface area contributed by atoms with Crippen LogP contribution in [0.5, 0.6) is 11.5 Å². The molecule has 1 aliphatic heterocycles. The summed E-state index contributed by atoms with van der Waals surface area (Å²) in [5.74, 6) is -0.286. The van der Waals surface area contributed by atoms with E-state index in [9.17, 15) is 18.0 Å². The number of sulfonamides is 1. The summed E-state index contributed by atoms with van der Waals surface area (Å²) in [6, 6.07) is 20.7. The van der Waals surface area contributed by atoms with Crippen molar-refractivity contribution in [3.05, 3.63) is 83.9 Å². The van der Waals surface area contributed by atoms with Gasteiger partial charge >= 0.3 is 0 Å². The standard InChI is InChI=1S/C28H31N3O6S/c1-4-30(5-2)38(34,35)26-17-21(15-16-24(26)36-3)28(33)31-19-25(37-23-14-10-9-13-22(23)31)27(32)29-18-20-11-7-6-8-12-20/h6-17,25H,4-5,18-19H2,1-3H3,(H,29,32). The van der Waals surface area contributed by atoms with E-state index in [1.165, 1.54) is 34.5 Å². The van der Waals surface area contributed by atoms with E-state index >= 15 is 0 Å². The monoisotopic (exact) mass is 537 g/mol. The summed E-state index contributed by atoms with van der Waals surface area (Å²) in [6.45, 7) is 4.32. The summed E-state index contributed by atoms with van der Waals surface area (Å²) < 4.78 is 39.2. The Morgan fingerprint density at radius 1 is 1.03 bits per heavy atom. The molecule has 3 aromatic rings. The van der Waals surface area contributed by atoms with Crippen molar-refractivity contribution in [1.82, 2.24) is 9.62 Å². The van der Waals surface area contributed by atoms with Crippen molar-refractivity contribution in [2.75, 3.05) is 31.6 Å². The van der Waals surface area contributed by atoms with Crippen LogP contribution in [0.25, 0.3) is 0 Å². The minimum atomic E-state index is -3.90. The van der Waals surface area contributed by atoms with Gasteiger partial charge in [0.2, 0.25) is 10.0 Å². The van der Waals surface area contributed by atoms with E-state index in [-0.39, 0.29) is 41.7 Å². The number of para-hydroxylation sites is 2. The number of hydrogen-bond acceptors (Lipinski definition) is 6. The quantitative estimate of drug-likeness (QED) is 0.448. The van der Waals surface area contributed by atoms with Crippen molar-refractivity contribution in [2.24, 2.45) is 0 Å². The lowest BCUT2D eigenvalue weighted by atomic mass is 10.1. The molecule has 0 radical (unpaired) electrons. The summed E-state index contributed by atoms with van der Waals surface area (Å²) in [5, 5.41) is 2.86. The Kier molecular flexibility index (Phi) is 8.33. The van der Waals surface area contributed by atoms with Crippen molar-refractivity contribution >= 4 is 27.5 Å². The highest BCUT2D eigenvalue weighted by molar-refractivity contribution is 7.89. The average molecular weight is 538 g/mol. The van der Waals surface area contributed by atoms with Crippen LogP contribution < -0.4 is 19.7 Å². The third kappa shape index (κ3) is 5.51. The fourth-order valence-corrected chi connectivity index (χ4v) is 5.97. The normalized spacial score (nSPS) is 14.9. The van der Waals surface area contributed by atoms with Crippen molar-refractivity contribution in [1.29, 1.82) is 0 Å². The van der Waals surface area contributed by atoms with E-state index in [2.05, 4.69) is 5.32 Å². The van der Waals surface area contributed by atoms with Gasteiger partial charge in [-0.15, -0.1) is 0 Å². The predicted octanol–water partition coefficient (Wildman–Crippen LogP) is 3.45. The molecule has 0 saturated heterocycles. The molecule has 0 aliphatic carbocycles. The Morgan fingerprint density at radius 3 is 2.39 bits per heavy atom. The molecular weight excluding hydrogens is 506 g/mol. The van der Waals surface area contributed by atoms with Crippen LogP contribution in [0.3, 0.4) is 0 Å². The maximum Gasteiger partial charge on any atom is 0.263 e. The Morgan fingerprint density at radius 2 is 1.71 bits per heavy atom. The summed E-state index contributed by atoms with van der Waals surface area (Å²) in [6.07, 6.45) is -0.949. The largest absolute Gasteiger partial charge is 0.495 e. The highest BCUT2D eigenvalue weighted by atomic mass is 32.2. The van der Waals surface area contributed by atoms with Crippen LogP contribution in [0.15, 0.2) is 77.7 Å². The van der Waals surface area contributed by atoms with Gasteiger partial charge in [0, 0.05) is 25.2 Å². The minimum absolute atomic E-state index is 0.0410. The molecule has 10 heteroatoms. The highest BCUT2D eigenvalue weighted by Crippen LogP contribution is 2.35. The molecule has 200 valence electrons. The number of ether oxygens (including phenoxy) is 2. The van der Waals surface area contributed by atoms with E-state index in [1.807, 2.05) is 30.3 Å². The van der Waals surface area contributed by atoms with Gasteiger partial charge < -0.3 is 19.7 Å². The highest BCUT2D eigenvalue weighted by Gasteiger charge is 2.35.